The number of aromatic hydroxyl groups is 10. The summed E-state index contributed by atoms with van der Waals surface area (Å²) in [6.07, 6.45) is 0. The molecule has 0 atom stereocenters. The Kier molecular flexibility index (Phi) is 60.0. The number of phenolic OH excluding ortho intramolecular Hbond substituents is 10. The van der Waals surface area contributed by atoms with Gasteiger partial charge in [-0.2, -0.15) is 0 Å². The van der Waals surface area contributed by atoms with E-state index in [0.29, 0.717) is 91.8 Å². The van der Waals surface area contributed by atoms with E-state index in [-0.39, 0.29) is 150 Å². The largest absolute Gasteiger partial charge is 1.00 e. The number of hydrogen-bond acceptors (Lipinski definition) is 37. The molecule has 47 heteroatoms. The van der Waals surface area contributed by atoms with Crippen LogP contribution in [0.2, 0.25) is 0 Å². The van der Waals surface area contributed by atoms with Crippen LogP contribution in [0, 0.1) is 18.4 Å². The number of fused-ring (bicyclic) bond motifs is 4. The standard InChI is InChI=1S/C10H9NO3.C10H10O5.C9H9ClO3.2C9H10O5.C9H10O4.2C8H8O5.CH2BrCl.CN.2CH4.Al.Cl2OS.Li.Na.4H/c1-11-5-7-3-8(12-2)10-9(4-7)13-6-14-10;1-12-7-3-6(10(11)13-2)4-8-9(7)15-5-14-8;1-11-7-2-6(4-10)3-8-9(7)13-5-12-8;2*1-13-7-4-5(9(12)14-2)3-6(10)8(7)11;1-11-7-2-6(4-10)3-8-9(7)13-5-12-8;2*1-13-8(12)4-2-5(9)7(11)6(10)3-4;2-1-3;1-2;;;;1-4(2)3;;;;;;/h3-4H,5-6H2,2H3;3-4H,5H2,1-2H3;2-3H,4-5H2,1H3;2*3-4,10-11H,1-2H3;2-3,10H,4-5H2,1H3;2*2-3,9-11H,1H3;1H2;;2*1H4;;;;;;;;/q;;;;;;;;;-1;;;;;2*+1;;;;-1. The van der Waals surface area contributed by atoms with Crippen LogP contribution in [0.1, 0.15) is 84.8 Å². The van der Waals surface area contributed by atoms with E-state index in [1.54, 1.807) is 51.7 Å². The van der Waals surface area contributed by atoms with Crippen molar-refractivity contribution in [2.45, 2.75) is 33.9 Å². The summed E-state index contributed by atoms with van der Waals surface area (Å²) in [6, 6.07) is 22.7. The number of carbonyl (C=O) groups excluding carboxylic acids is 5. The fraction of sp³-hybridized carbons (Fsp3) is 0.276. The molecule has 12 rings (SSSR count). The average Bonchev–Trinajstić information content (AvgIpc) is 1.68. The Morgan fingerprint density at radius 1 is 0.407 bits per heavy atom. The van der Waals surface area contributed by atoms with Crippen LogP contribution in [0.5, 0.6) is 138 Å². The second-order valence-corrected chi connectivity index (χ2v) is 25.4. The maximum Gasteiger partial charge on any atom is 1.00 e. The minimum atomic E-state index is -1.67. The fourth-order valence-electron chi connectivity index (χ4n) is 8.92. The van der Waals surface area contributed by atoms with Crippen molar-refractivity contribution in [1.29, 1.82) is 5.26 Å². The van der Waals surface area contributed by atoms with E-state index in [1.165, 1.54) is 69.0 Å². The molecule has 4 heterocycles. The number of hydrogen-bond donors (Lipinski definition) is 11. The third-order valence-corrected chi connectivity index (χ3v) is 14.5. The van der Waals surface area contributed by atoms with Gasteiger partial charge in [0, 0.05) is 32.8 Å². The summed E-state index contributed by atoms with van der Waals surface area (Å²) >= 11 is 13.5. The normalized spacial score (nSPS) is 10.3. The number of aliphatic hydroxyl groups is 1. The topological polar surface area (TPSA) is 528 Å². The Morgan fingerprint density at radius 2 is 0.618 bits per heavy atom. The van der Waals surface area contributed by atoms with Crippen molar-refractivity contribution < 1.29 is 224 Å². The van der Waals surface area contributed by atoms with Crippen molar-refractivity contribution in [3.05, 3.63) is 160 Å². The molecule has 0 unspecified atom stereocenters. The van der Waals surface area contributed by atoms with E-state index in [1.807, 2.05) is 18.2 Å². The third-order valence-electron chi connectivity index (χ3n) is 14.2. The summed E-state index contributed by atoms with van der Waals surface area (Å²) in [4.78, 5) is 59.1. The van der Waals surface area contributed by atoms with E-state index in [9.17, 15) is 44.4 Å². The van der Waals surface area contributed by atoms with E-state index in [2.05, 4.69) is 65.8 Å². The van der Waals surface area contributed by atoms with E-state index in [4.69, 9.17) is 148 Å². The molecule has 664 valence electrons. The summed E-state index contributed by atoms with van der Waals surface area (Å²) < 4.78 is 103. The monoisotopic (exact) mass is 1910 g/mol. The smallest absolute Gasteiger partial charge is 1.00 e. The van der Waals surface area contributed by atoms with Gasteiger partial charge in [-0.1, -0.05) is 30.8 Å². The van der Waals surface area contributed by atoms with Crippen LogP contribution in [-0.2, 0) is 51.9 Å². The maximum absolute atomic E-state index is 11.3. The SMILES string of the molecule is C.C.COC(=O)c1cc(O)c(O)c(O)c1.COC(=O)c1cc(O)c(O)c(O)c1.COC(=O)c1cc(O)c(O)c(OC)c1.COC(=O)c1cc(O)c(O)c(OC)c1.COC(=O)c1cc(OC)c2c(c1)OCO2.COc1cc(CCl)cc2c1OCO2.COc1cc(CO)cc2c1OCO2.ClCBr.O=S(Cl)Cl.[AlH3].[C-]#N.[C-]#[N+]Cc1cc(OC)c2c(c1)OCO2.[H-].[Li+].[Na+]. The Morgan fingerprint density at radius 3 is 0.870 bits per heavy atom. The van der Waals surface area contributed by atoms with Gasteiger partial charge in [-0.05, 0) is 108 Å². The summed E-state index contributed by atoms with van der Waals surface area (Å²) in [7, 11) is 22.3. The maximum atomic E-state index is 11.3. The molecule has 123 heavy (non-hydrogen) atoms. The first-order valence-corrected chi connectivity index (χ1v) is 36.8. The predicted molar refractivity (Wildman–Crippen MR) is 443 cm³/mol. The number of nitrogens with zero attached hydrogens (tertiary/aromatic N) is 2. The van der Waals surface area contributed by atoms with E-state index < -0.39 is 96.6 Å². The number of ether oxygens (including phenoxy) is 19. The summed E-state index contributed by atoms with van der Waals surface area (Å²) in [5.74, 6) is -0.590. The van der Waals surface area contributed by atoms with Gasteiger partial charge in [0.15, 0.2) is 121 Å². The van der Waals surface area contributed by atoms with E-state index in [0.717, 1.165) is 53.1 Å². The molecule has 0 bridgehead atoms. The molecule has 0 fully saturated rings. The molecule has 4 aliphatic rings. The van der Waals surface area contributed by atoms with Crippen LogP contribution in [-0.4, -0.2) is 218 Å². The molecule has 38 nitrogen and oxygen atoms in total. The molecule has 0 aromatic heterocycles. The third kappa shape index (κ3) is 36.6. The Hall–Kier alpha value is -10.8. The molecular formula is C76H88AlBrCl4LiN2NaO36S. The van der Waals surface area contributed by atoms with Crippen molar-refractivity contribution in [2.75, 3.05) is 110 Å². The van der Waals surface area contributed by atoms with Crippen molar-refractivity contribution in [3.8, 4) is 138 Å². The van der Waals surface area contributed by atoms with Gasteiger partial charge < -0.3 is 164 Å². The Labute approximate surface area is 781 Å². The molecule has 0 radical (unpaired) electrons. The molecule has 0 amide bonds. The number of aliphatic hydroxyl groups excluding tert-OH is 1. The summed E-state index contributed by atoms with van der Waals surface area (Å²) in [5, 5.41) is 106. The van der Waals surface area contributed by atoms with Gasteiger partial charge in [-0.15, -0.1) is 23.2 Å². The first kappa shape index (κ1) is 118. The Balaban J connectivity index is -0.000000426. The summed E-state index contributed by atoms with van der Waals surface area (Å²) in [5.41, 5.74) is 3.12. The number of esters is 5. The quantitative estimate of drug-likeness (QED) is 0.0113. The van der Waals surface area contributed by atoms with Crippen LogP contribution >= 0.6 is 60.5 Å². The minimum absolute atomic E-state index is 0. The second-order valence-electron chi connectivity index (χ2n) is 21.2. The van der Waals surface area contributed by atoms with Gasteiger partial charge in [-0.3, -0.25) is 0 Å². The van der Waals surface area contributed by atoms with Crippen LogP contribution in [0.3, 0.4) is 0 Å². The van der Waals surface area contributed by atoms with E-state index >= 15 is 0 Å². The van der Waals surface area contributed by atoms with Crippen molar-refractivity contribution in [1.82, 2.24) is 0 Å². The molecule has 0 saturated heterocycles. The first-order chi connectivity index (χ1) is 56.3. The number of halogens is 5. The molecule has 0 aliphatic carbocycles. The van der Waals surface area contributed by atoms with Crippen LogP contribution in [0.4, 0.5) is 0 Å². The zero-order valence-electron chi connectivity index (χ0n) is 66.7. The van der Waals surface area contributed by atoms with Gasteiger partial charge in [0.05, 0.1) is 117 Å². The summed E-state index contributed by atoms with van der Waals surface area (Å²) in [6.45, 7) is 12.6. The van der Waals surface area contributed by atoms with Crippen LogP contribution in [0.25, 0.3) is 4.85 Å². The van der Waals surface area contributed by atoms with Crippen molar-refractivity contribution >= 4 is 117 Å². The Bertz CT molecular complexity index is 4560. The molecule has 11 N–H and O–H groups in total. The fourth-order valence-corrected chi connectivity index (χ4v) is 9.07. The van der Waals surface area contributed by atoms with Gasteiger partial charge in [0.1, 0.15) is 0 Å². The second kappa shape index (κ2) is 62.3. The molecular weight excluding hydrogens is 1830 g/mol. The molecule has 4 aliphatic heterocycles. The zero-order valence-corrected chi connectivity index (χ0v) is 73.1. The van der Waals surface area contributed by atoms with Gasteiger partial charge in [0.2, 0.25) is 77.4 Å². The minimum Gasteiger partial charge on any atom is -1.00 e. The number of alkyl halides is 3. The number of benzene rings is 8. The van der Waals surface area contributed by atoms with Crippen molar-refractivity contribution in [3.63, 3.8) is 0 Å². The van der Waals surface area contributed by atoms with Gasteiger partial charge in [-0.25, -0.2) is 34.8 Å². The van der Waals surface area contributed by atoms with Gasteiger partial charge >= 0.3 is 78.3 Å². The molecule has 0 saturated carbocycles. The number of phenols is 10. The van der Waals surface area contributed by atoms with Crippen molar-refractivity contribution in [2.24, 2.45) is 0 Å². The number of carbonyl (C=O) groups is 5. The molecule has 8 aromatic rings. The molecule has 0 spiro atoms. The zero-order chi connectivity index (χ0) is 89.1. The van der Waals surface area contributed by atoms with Crippen LogP contribution < -0.4 is 115 Å². The number of rotatable bonds is 14. The van der Waals surface area contributed by atoms with Crippen LogP contribution in [0.15, 0.2) is 97.1 Å². The molecule has 8 aromatic carbocycles. The first-order valence-electron chi connectivity index (χ1n) is 31.8. The average molecular weight is 1920 g/mol. The van der Waals surface area contributed by atoms with Gasteiger partial charge in [0.25, 0.3) is 0 Å². The predicted octanol–water partition coefficient (Wildman–Crippen LogP) is 6.02. The number of methoxy groups -OCH3 is 11.